The van der Waals surface area contributed by atoms with Gasteiger partial charge in [0.25, 0.3) is 0 Å². The van der Waals surface area contributed by atoms with E-state index in [1.807, 2.05) is 36.4 Å². The Morgan fingerprint density at radius 3 is 2.11 bits per heavy atom. The third-order valence-electron chi connectivity index (χ3n) is 6.37. The monoisotopic (exact) mass is 514 g/mol. The fourth-order valence-electron chi connectivity index (χ4n) is 4.46. The van der Waals surface area contributed by atoms with Gasteiger partial charge in [-0.3, -0.25) is 9.59 Å². The number of carbonyl (C=O) groups excluding carboxylic acids is 1. The maximum absolute atomic E-state index is 12.8. The van der Waals surface area contributed by atoms with Crippen LogP contribution in [0.25, 0.3) is 11.1 Å². The smallest absolute Gasteiger partial charge is 0.416 e. The van der Waals surface area contributed by atoms with E-state index < -0.39 is 17.7 Å². The van der Waals surface area contributed by atoms with Crippen molar-refractivity contribution in [2.24, 2.45) is 11.8 Å². The van der Waals surface area contributed by atoms with Crippen LogP contribution in [0, 0.1) is 11.8 Å². The molecule has 0 spiro atoms. The molecule has 0 saturated carbocycles. The number of alkyl halides is 3. The van der Waals surface area contributed by atoms with Crippen molar-refractivity contribution in [3.05, 3.63) is 77.4 Å². The van der Waals surface area contributed by atoms with Crippen LogP contribution in [0.3, 0.4) is 0 Å². The maximum Gasteiger partial charge on any atom is 0.416 e. The maximum atomic E-state index is 12.8. The van der Waals surface area contributed by atoms with Crippen LogP contribution < -0.4 is 10.6 Å². The third-order valence-corrected chi connectivity index (χ3v) is 6.37. The standard InChI is InChI=1S/C29H33F3N2O3/c1-18(2)16-26(25-13-8-22(17-19(25)3)28(37)33-15-14-27(35)36)34-24-11-6-21(7-12-24)20-4-9-23(10-5-20)29(30,31)32/h4-13,18-19,26,34H,14-17H2,1-3H3,(H,33,37)(H,35,36). The fraction of sp³-hybridized carbons (Fsp3) is 0.379. The van der Waals surface area contributed by atoms with Gasteiger partial charge in [0.2, 0.25) is 5.91 Å². The normalized spacial score (nSPS) is 16.6. The molecule has 0 fully saturated rings. The Labute approximate surface area is 215 Å². The minimum atomic E-state index is -4.36. The average Bonchev–Trinajstić information content (AvgIpc) is 2.83. The molecular formula is C29H33F3N2O3. The highest BCUT2D eigenvalue weighted by atomic mass is 19.4. The Kier molecular flexibility index (Phi) is 9.18. The summed E-state index contributed by atoms with van der Waals surface area (Å²) in [5.41, 5.74) is 3.58. The molecule has 0 aliphatic heterocycles. The van der Waals surface area contributed by atoms with Crippen molar-refractivity contribution in [1.82, 2.24) is 5.32 Å². The molecule has 1 aliphatic carbocycles. The summed E-state index contributed by atoms with van der Waals surface area (Å²) in [6.45, 7) is 6.46. The highest BCUT2D eigenvalue weighted by Crippen LogP contribution is 2.33. The Morgan fingerprint density at radius 1 is 1.00 bits per heavy atom. The molecule has 0 heterocycles. The largest absolute Gasteiger partial charge is 0.481 e. The van der Waals surface area contributed by atoms with Crippen LogP contribution in [0.2, 0.25) is 0 Å². The lowest BCUT2D eigenvalue weighted by Gasteiger charge is -2.31. The van der Waals surface area contributed by atoms with E-state index in [0.717, 1.165) is 29.8 Å². The lowest BCUT2D eigenvalue weighted by molar-refractivity contribution is -0.138. The van der Waals surface area contributed by atoms with E-state index in [1.165, 1.54) is 17.7 Å². The zero-order chi connectivity index (χ0) is 27.2. The lowest BCUT2D eigenvalue weighted by Crippen LogP contribution is -2.32. The Bertz CT molecular complexity index is 1150. The van der Waals surface area contributed by atoms with Crippen molar-refractivity contribution in [3.8, 4) is 11.1 Å². The first kappa shape index (κ1) is 28.0. The number of nitrogens with one attached hydrogen (secondary N) is 2. The van der Waals surface area contributed by atoms with Gasteiger partial charge in [0.05, 0.1) is 12.0 Å². The number of anilines is 1. The Hall–Kier alpha value is -3.55. The van der Waals surface area contributed by atoms with Crippen molar-refractivity contribution >= 4 is 17.6 Å². The predicted molar refractivity (Wildman–Crippen MR) is 139 cm³/mol. The van der Waals surface area contributed by atoms with Crippen LogP contribution in [0.15, 0.2) is 71.8 Å². The highest BCUT2D eigenvalue weighted by Gasteiger charge is 2.30. The summed E-state index contributed by atoms with van der Waals surface area (Å²) in [6.07, 6.45) is 0.764. The first-order chi connectivity index (χ1) is 17.4. The highest BCUT2D eigenvalue weighted by molar-refractivity contribution is 5.94. The molecule has 3 rings (SSSR count). The molecule has 2 aromatic carbocycles. The van der Waals surface area contributed by atoms with Gasteiger partial charge in [-0.25, -0.2) is 0 Å². The van der Waals surface area contributed by atoms with E-state index in [9.17, 15) is 22.8 Å². The quantitative estimate of drug-likeness (QED) is 0.330. The summed E-state index contributed by atoms with van der Waals surface area (Å²) >= 11 is 0. The number of carboxylic acid groups (broad SMARTS) is 1. The van der Waals surface area contributed by atoms with Gasteiger partial charge >= 0.3 is 12.1 Å². The third kappa shape index (κ3) is 7.97. The zero-order valence-corrected chi connectivity index (χ0v) is 21.2. The Morgan fingerprint density at radius 2 is 1.59 bits per heavy atom. The second kappa shape index (κ2) is 12.1. The van der Waals surface area contributed by atoms with Crippen LogP contribution in [-0.4, -0.2) is 29.6 Å². The van der Waals surface area contributed by atoms with Gasteiger partial charge in [0.1, 0.15) is 0 Å². The minimum Gasteiger partial charge on any atom is -0.481 e. The summed E-state index contributed by atoms with van der Waals surface area (Å²) in [5, 5.41) is 15.0. The number of carboxylic acids is 1. The van der Waals surface area contributed by atoms with Crippen LogP contribution in [0.1, 0.15) is 45.6 Å². The molecule has 2 unspecified atom stereocenters. The number of hydrogen-bond acceptors (Lipinski definition) is 3. The molecule has 8 heteroatoms. The SMILES string of the molecule is CC(C)CC(Nc1ccc(-c2ccc(C(F)(F)F)cc2)cc1)C1=CC=C(C(=O)NCCC(=O)O)CC1C. The van der Waals surface area contributed by atoms with E-state index in [-0.39, 0.29) is 30.8 Å². The zero-order valence-electron chi connectivity index (χ0n) is 21.2. The number of benzene rings is 2. The molecule has 0 bridgehead atoms. The average molecular weight is 515 g/mol. The summed E-state index contributed by atoms with van der Waals surface area (Å²) in [4.78, 5) is 23.1. The van der Waals surface area contributed by atoms with E-state index >= 15 is 0 Å². The van der Waals surface area contributed by atoms with E-state index in [2.05, 4.69) is 31.4 Å². The van der Waals surface area contributed by atoms with Crippen molar-refractivity contribution in [3.63, 3.8) is 0 Å². The van der Waals surface area contributed by atoms with Crippen molar-refractivity contribution in [1.29, 1.82) is 0 Å². The molecule has 3 N–H and O–H groups in total. The van der Waals surface area contributed by atoms with E-state index in [0.29, 0.717) is 23.5 Å². The minimum absolute atomic E-state index is 0.0415. The molecule has 0 aromatic heterocycles. The summed E-state index contributed by atoms with van der Waals surface area (Å²) in [6, 6.07) is 12.8. The Balaban J connectivity index is 1.73. The van der Waals surface area contributed by atoms with Crippen molar-refractivity contribution in [2.75, 3.05) is 11.9 Å². The van der Waals surface area contributed by atoms with E-state index in [1.54, 1.807) is 0 Å². The van der Waals surface area contributed by atoms with E-state index in [4.69, 9.17) is 5.11 Å². The van der Waals surface area contributed by atoms with Crippen LogP contribution >= 0.6 is 0 Å². The molecule has 37 heavy (non-hydrogen) atoms. The number of hydrogen-bond donors (Lipinski definition) is 3. The molecule has 0 radical (unpaired) electrons. The second-order valence-electron chi connectivity index (χ2n) is 9.84. The van der Waals surface area contributed by atoms with Gasteiger partial charge in [0.15, 0.2) is 0 Å². The molecule has 2 aromatic rings. The molecule has 1 aliphatic rings. The molecule has 5 nitrogen and oxygen atoms in total. The van der Waals surface area contributed by atoms with Crippen LogP contribution in [0.5, 0.6) is 0 Å². The number of aliphatic carboxylic acids is 1. The first-order valence-corrected chi connectivity index (χ1v) is 12.4. The van der Waals surface area contributed by atoms with Crippen LogP contribution in [0.4, 0.5) is 18.9 Å². The molecule has 0 saturated heterocycles. The lowest BCUT2D eigenvalue weighted by atomic mass is 9.81. The molecule has 1 amide bonds. The fourth-order valence-corrected chi connectivity index (χ4v) is 4.46. The van der Waals surface area contributed by atoms with Crippen molar-refractivity contribution in [2.45, 2.75) is 52.3 Å². The van der Waals surface area contributed by atoms with Crippen LogP contribution in [-0.2, 0) is 15.8 Å². The summed E-state index contributed by atoms with van der Waals surface area (Å²) in [7, 11) is 0. The van der Waals surface area contributed by atoms with Gasteiger partial charge in [-0.15, -0.1) is 0 Å². The van der Waals surface area contributed by atoms with Gasteiger partial charge in [-0.05, 0) is 65.6 Å². The summed E-state index contributed by atoms with van der Waals surface area (Å²) < 4.78 is 38.5. The topological polar surface area (TPSA) is 78.4 Å². The summed E-state index contributed by atoms with van der Waals surface area (Å²) in [5.74, 6) is -0.659. The first-order valence-electron chi connectivity index (χ1n) is 12.4. The number of halogens is 3. The van der Waals surface area contributed by atoms with Gasteiger partial charge in [-0.2, -0.15) is 13.2 Å². The number of carbonyl (C=O) groups is 2. The predicted octanol–water partition coefficient (Wildman–Crippen LogP) is 6.68. The number of rotatable bonds is 10. The van der Waals surface area contributed by atoms with Gasteiger partial charge in [-0.1, -0.05) is 57.2 Å². The number of amides is 1. The molecular weight excluding hydrogens is 481 g/mol. The van der Waals surface area contributed by atoms with Gasteiger partial charge in [0, 0.05) is 23.8 Å². The number of allylic oxidation sites excluding steroid dienone is 2. The molecule has 2 atom stereocenters. The second-order valence-corrected chi connectivity index (χ2v) is 9.84. The molecule has 198 valence electrons. The van der Waals surface area contributed by atoms with Crippen molar-refractivity contribution < 1.29 is 27.9 Å². The van der Waals surface area contributed by atoms with Gasteiger partial charge < -0.3 is 15.7 Å².